The topological polar surface area (TPSA) is 78.6 Å². The van der Waals surface area contributed by atoms with E-state index in [1.54, 1.807) is 12.1 Å². The molecule has 7 heteroatoms. The normalized spacial score (nSPS) is 12.7. The van der Waals surface area contributed by atoms with E-state index in [0.29, 0.717) is 23.6 Å². The second kappa shape index (κ2) is 8.59. The molecular formula is C25H21NO5S. The van der Waals surface area contributed by atoms with Crippen molar-refractivity contribution < 1.29 is 18.7 Å². The molecule has 0 bridgehead atoms. The van der Waals surface area contributed by atoms with Gasteiger partial charge in [-0.15, -0.1) is 11.3 Å². The Kier molecular flexibility index (Phi) is 5.49. The molecule has 0 unspecified atom stereocenters. The van der Waals surface area contributed by atoms with Gasteiger partial charge in [0.05, 0.1) is 24.3 Å². The van der Waals surface area contributed by atoms with Gasteiger partial charge in [-0.25, -0.2) is 9.78 Å². The van der Waals surface area contributed by atoms with Crippen molar-refractivity contribution in [3.8, 4) is 22.1 Å². The smallest absolute Gasteiger partial charge is 0.339 e. The first-order valence-corrected chi connectivity index (χ1v) is 11.5. The summed E-state index contributed by atoms with van der Waals surface area (Å²) in [5.74, 6) is 0.686. The molecule has 0 atom stereocenters. The number of nitrogens with zero attached hydrogens (tertiary/aromatic N) is 1. The minimum Gasteiger partial charge on any atom is -0.493 e. The molecule has 32 heavy (non-hydrogen) atoms. The number of para-hydroxylation sites is 1. The molecule has 0 amide bonds. The Morgan fingerprint density at radius 1 is 1.16 bits per heavy atom. The molecule has 5 rings (SSSR count). The van der Waals surface area contributed by atoms with E-state index in [9.17, 15) is 9.59 Å². The van der Waals surface area contributed by atoms with E-state index < -0.39 is 5.97 Å². The minimum atomic E-state index is -0.428. The maximum absolute atomic E-state index is 12.5. The molecule has 0 fully saturated rings. The van der Waals surface area contributed by atoms with E-state index >= 15 is 0 Å². The van der Waals surface area contributed by atoms with Gasteiger partial charge in [0.1, 0.15) is 22.1 Å². The number of fused-ring (bicyclic) bond motifs is 3. The van der Waals surface area contributed by atoms with Crippen molar-refractivity contribution in [2.45, 2.75) is 32.6 Å². The SMILES string of the molecule is CCOc1ccccc1-c1nc(CC(=O)Oc2ccc3c4c(c(=O)oc3c2)CCC4)cs1. The standard InChI is InChI=1S/C25H21NO5S/c1-2-29-21-9-4-3-6-20(21)24-26-15(14-32-24)12-23(27)30-16-10-11-18-17-7-5-8-19(17)25(28)31-22(18)13-16/h3-4,6,9-11,13-14H,2,5,7-8,12H2,1H3. The summed E-state index contributed by atoms with van der Waals surface area (Å²) in [5.41, 5.74) is 3.51. The van der Waals surface area contributed by atoms with Crippen LogP contribution in [0.4, 0.5) is 0 Å². The average molecular weight is 448 g/mol. The first kappa shape index (κ1) is 20.5. The molecule has 0 saturated carbocycles. The number of aromatic nitrogens is 1. The zero-order valence-electron chi connectivity index (χ0n) is 17.6. The third-order valence-electron chi connectivity index (χ3n) is 5.47. The van der Waals surface area contributed by atoms with Gasteiger partial charge in [0, 0.05) is 22.4 Å². The van der Waals surface area contributed by atoms with Crippen molar-refractivity contribution in [2.75, 3.05) is 6.61 Å². The predicted octanol–water partition coefficient (Wildman–Crippen LogP) is 4.95. The maximum atomic E-state index is 12.5. The molecule has 2 aromatic heterocycles. The van der Waals surface area contributed by atoms with Crippen LogP contribution in [-0.4, -0.2) is 17.6 Å². The Hall–Kier alpha value is -3.45. The number of hydrogen-bond acceptors (Lipinski definition) is 7. The summed E-state index contributed by atoms with van der Waals surface area (Å²) in [6, 6.07) is 12.9. The second-order valence-electron chi connectivity index (χ2n) is 7.58. The van der Waals surface area contributed by atoms with Crippen LogP contribution in [0.15, 0.2) is 57.1 Å². The van der Waals surface area contributed by atoms with Gasteiger partial charge in [-0.1, -0.05) is 12.1 Å². The van der Waals surface area contributed by atoms with Crippen LogP contribution in [0, 0.1) is 0 Å². The summed E-state index contributed by atoms with van der Waals surface area (Å²) in [5, 5.41) is 3.55. The van der Waals surface area contributed by atoms with Gasteiger partial charge >= 0.3 is 11.6 Å². The molecule has 162 valence electrons. The van der Waals surface area contributed by atoms with Gasteiger partial charge < -0.3 is 13.9 Å². The Morgan fingerprint density at radius 2 is 2.00 bits per heavy atom. The molecule has 6 nitrogen and oxygen atoms in total. The molecule has 4 aromatic rings. The molecule has 2 aromatic carbocycles. The highest BCUT2D eigenvalue weighted by Gasteiger charge is 2.20. The average Bonchev–Trinajstić information content (AvgIpc) is 3.45. The summed E-state index contributed by atoms with van der Waals surface area (Å²) in [7, 11) is 0. The highest BCUT2D eigenvalue weighted by molar-refractivity contribution is 7.13. The van der Waals surface area contributed by atoms with Crippen molar-refractivity contribution in [3.63, 3.8) is 0 Å². The van der Waals surface area contributed by atoms with Crippen molar-refractivity contribution >= 4 is 28.3 Å². The molecule has 0 saturated heterocycles. The molecule has 0 aliphatic heterocycles. The van der Waals surface area contributed by atoms with E-state index in [-0.39, 0.29) is 12.0 Å². The number of aryl methyl sites for hydroxylation is 1. The second-order valence-corrected chi connectivity index (χ2v) is 8.44. The molecular weight excluding hydrogens is 426 g/mol. The first-order chi connectivity index (χ1) is 15.6. The van der Waals surface area contributed by atoms with Gasteiger partial charge in [0.25, 0.3) is 0 Å². The summed E-state index contributed by atoms with van der Waals surface area (Å²) >= 11 is 1.46. The van der Waals surface area contributed by atoms with Crippen LogP contribution >= 0.6 is 11.3 Å². The molecule has 0 N–H and O–H groups in total. The molecule has 1 aliphatic rings. The summed E-state index contributed by atoms with van der Waals surface area (Å²) in [6.07, 6.45) is 2.63. The van der Waals surface area contributed by atoms with Crippen LogP contribution in [-0.2, 0) is 24.1 Å². The van der Waals surface area contributed by atoms with E-state index in [1.165, 1.54) is 11.3 Å². The monoisotopic (exact) mass is 447 g/mol. The minimum absolute atomic E-state index is 0.0411. The van der Waals surface area contributed by atoms with E-state index in [0.717, 1.165) is 52.1 Å². The lowest BCUT2D eigenvalue weighted by atomic mass is 10.1. The molecule has 1 aliphatic carbocycles. The lowest BCUT2D eigenvalue weighted by molar-refractivity contribution is -0.133. The van der Waals surface area contributed by atoms with E-state index in [1.807, 2.05) is 42.6 Å². The Bertz CT molecular complexity index is 1370. The van der Waals surface area contributed by atoms with Crippen LogP contribution in [0.5, 0.6) is 11.5 Å². The van der Waals surface area contributed by atoms with Crippen molar-refractivity contribution in [1.29, 1.82) is 0 Å². The van der Waals surface area contributed by atoms with E-state index in [2.05, 4.69) is 4.98 Å². The van der Waals surface area contributed by atoms with Gasteiger partial charge in [0.2, 0.25) is 0 Å². The van der Waals surface area contributed by atoms with Crippen molar-refractivity contribution in [3.05, 3.63) is 75.1 Å². The van der Waals surface area contributed by atoms with Crippen LogP contribution in [0.2, 0.25) is 0 Å². The third kappa shape index (κ3) is 3.91. The quantitative estimate of drug-likeness (QED) is 0.236. The fourth-order valence-corrected chi connectivity index (χ4v) is 4.93. The van der Waals surface area contributed by atoms with Crippen LogP contribution in [0.1, 0.15) is 30.2 Å². The fraction of sp³-hybridized carbons (Fsp3) is 0.240. The number of benzene rings is 2. The summed E-state index contributed by atoms with van der Waals surface area (Å²) in [4.78, 5) is 29.3. The largest absolute Gasteiger partial charge is 0.493 e. The van der Waals surface area contributed by atoms with Crippen molar-refractivity contribution in [2.24, 2.45) is 0 Å². The Labute approximate surface area is 188 Å². The van der Waals surface area contributed by atoms with E-state index in [4.69, 9.17) is 13.9 Å². The van der Waals surface area contributed by atoms with Gasteiger partial charge in [-0.2, -0.15) is 0 Å². The van der Waals surface area contributed by atoms with Gasteiger partial charge in [-0.05, 0) is 56.0 Å². The highest BCUT2D eigenvalue weighted by atomic mass is 32.1. The van der Waals surface area contributed by atoms with Crippen LogP contribution < -0.4 is 15.1 Å². The number of rotatable bonds is 6. The number of ether oxygens (including phenoxy) is 2. The fourth-order valence-electron chi connectivity index (χ4n) is 4.08. The third-order valence-corrected chi connectivity index (χ3v) is 6.40. The lowest BCUT2D eigenvalue weighted by Crippen LogP contribution is -2.12. The zero-order valence-corrected chi connectivity index (χ0v) is 18.4. The number of esters is 1. The number of carbonyl (C=O) groups is 1. The highest BCUT2D eigenvalue weighted by Crippen LogP contribution is 2.33. The van der Waals surface area contributed by atoms with Gasteiger partial charge in [0.15, 0.2) is 0 Å². The maximum Gasteiger partial charge on any atom is 0.339 e. The number of thiazole rings is 1. The van der Waals surface area contributed by atoms with Gasteiger partial charge in [-0.3, -0.25) is 4.79 Å². The van der Waals surface area contributed by atoms with Crippen LogP contribution in [0.25, 0.3) is 21.5 Å². The zero-order chi connectivity index (χ0) is 22.1. The number of carbonyl (C=O) groups excluding carboxylic acids is 1. The summed E-state index contributed by atoms with van der Waals surface area (Å²) in [6.45, 7) is 2.50. The Morgan fingerprint density at radius 3 is 2.88 bits per heavy atom. The summed E-state index contributed by atoms with van der Waals surface area (Å²) < 4.78 is 16.6. The van der Waals surface area contributed by atoms with Crippen LogP contribution in [0.3, 0.4) is 0 Å². The molecule has 0 spiro atoms. The van der Waals surface area contributed by atoms with Crippen molar-refractivity contribution in [1.82, 2.24) is 4.98 Å². The predicted molar refractivity (Wildman–Crippen MR) is 123 cm³/mol. The molecule has 0 radical (unpaired) electrons. The first-order valence-electron chi connectivity index (χ1n) is 10.6. The lowest BCUT2D eigenvalue weighted by Gasteiger charge is -2.07. The molecule has 2 heterocycles. The number of hydrogen-bond donors (Lipinski definition) is 0. The Balaban J connectivity index is 1.32.